The fourth-order valence-electron chi connectivity index (χ4n) is 1.59. The first-order valence-electron chi connectivity index (χ1n) is 6.19. The summed E-state index contributed by atoms with van der Waals surface area (Å²) < 4.78 is 110. The molecular weight excluding hydrogens is 351 g/mol. The Kier molecular flexibility index (Phi) is 5.91. The van der Waals surface area contributed by atoms with Crippen LogP contribution in [0.25, 0.3) is 0 Å². The van der Waals surface area contributed by atoms with Gasteiger partial charge in [0.05, 0.1) is 16.7 Å². The van der Waals surface area contributed by atoms with Gasteiger partial charge in [-0.1, -0.05) is 36.4 Å². The van der Waals surface area contributed by atoms with Crippen molar-refractivity contribution in [1.82, 2.24) is 0 Å². The smallest absolute Gasteiger partial charge is 0.166 e. The van der Waals surface area contributed by atoms with Gasteiger partial charge in [-0.05, 0) is 18.2 Å². The number of halogens is 9. The highest BCUT2D eigenvalue weighted by molar-refractivity contribution is 5.37. The Labute approximate surface area is 130 Å². The topological polar surface area (TPSA) is 0 Å². The molecule has 132 valence electrons. The largest absolute Gasteiger partial charge is 0.417 e. The van der Waals surface area contributed by atoms with E-state index in [1.54, 1.807) is 0 Å². The third-order valence-electron chi connectivity index (χ3n) is 2.62. The van der Waals surface area contributed by atoms with Gasteiger partial charge in [-0.2, -0.15) is 39.5 Å². The van der Waals surface area contributed by atoms with E-state index in [0.717, 1.165) is 0 Å². The standard InChI is InChI=1S/C9H3F9.C6H6/c10-7(11,12)4-1-2-5(8(13,14)15)6(3-4)9(16,17)18;1-2-4-6-5-3-1/h1-3H;1-6H. The lowest BCUT2D eigenvalue weighted by Crippen LogP contribution is -2.18. The molecule has 0 heterocycles. The predicted octanol–water partition coefficient (Wildman–Crippen LogP) is 6.43. The summed E-state index contributed by atoms with van der Waals surface area (Å²) in [5, 5.41) is 0. The second kappa shape index (κ2) is 7.14. The predicted molar refractivity (Wildman–Crippen MR) is 67.9 cm³/mol. The van der Waals surface area contributed by atoms with E-state index in [9.17, 15) is 39.5 Å². The van der Waals surface area contributed by atoms with Gasteiger partial charge in [-0.25, -0.2) is 0 Å². The van der Waals surface area contributed by atoms with Crippen molar-refractivity contribution in [2.45, 2.75) is 18.5 Å². The molecule has 2 rings (SSSR count). The van der Waals surface area contributed by atoms with E-state index in [-0.39, 0.29) is 12.1 Å². The molecule has 0 atom stereocenters. The highest BCUT2D eigenvalue weighted by Crippen LogP contribution is 2.42. The van der Waals surface area contributed by atoms with Gasteiger partial charge in [0.2, 0.25) is 0 Å². The fraction of sp³-hybridized carbons (Fsp3) is 0.200. The normalized spacial score (nSPS) is 12.4. The zero-order valence-electron chi connectivity index (χ0n) is 11.6. The lowest BCUT2D eigenvalue weighted by Gasteiger charge is -2.17. The van der Waals surface area contributed by atoms with Crippen molar-refractivity contribution >= 4 is 0 Å². The first-order valence-corrected chi connectivity index (χ1v) is 6.19. The maximum absolute atomic E-state index is 12.3. The van der Waals surface area contributed by atoms with Crippen LogP contribution in [0.4, 0.5) is 39.5 Å². The SMILES string of the molecule is FC(F)(F)c1ccc(C(F)(F)F)c(C(F)(F)F)c1.c1ccccc1. The van der Waals surface area contributed by atoms with Crippen LogP contribution < -0.4 is 0 Å². The summed E-state index contributed by atoms with van der Waals surface area (Å²) in [6.07, 6.45) is -16.1. The lowest BCUT2D eigenvalue weighted by molar-refractivity contribution is -0.163. The molecule has 0 unspecified atom stereocenters. The molecule has 0 saturated carbocycles. The summed E-state index contributed by atoms with van der Waals surface area (Å²) in [5.74, 6) is 0. The summed E-state index contributed by atoms with van der Waals surface area (Å²) in [7, 11) is 0. The summed E-state index contributed by atoms with van der Waals surface area (Å²) in [4.78, 5) is 0. The summed E-state index contributed by atoms with van der Waals surface area (Å²) >= 11 is 0. The van der Waals surface area contributed by atoms with E-state index < -0.39 is 41.3 Å². The number of hydrogen-bond acceptors (Lipinski definition) is 0. The Morgan fingerprint density at radius 3 is 1.12 bits per heavy atom. The molecule has 0 bridgehead atoms. The van der Waals surface area contributed by atoms with E-state index >= 15 is 0 Å². The first kappa shape index (κ1) is 19.9. The third-order valence-corrected chi connectivity index (χ3v) is 2.62. The van der Waals surface area contributed by atoms with Crippen LogP contribution >= 0.6 is 0 Å². The van der Waals surface area contributed by atoms with E-state index in [4.69, 9.17) is 0 Å². The molecule has 0 fully saturated rings. The summed E-state index contributed by atoms with van der Waals surface area (Å²) in [5.41, 5.74) is -6.30. The molecule has 0 radical (unpaired) electrons. The molecule has 2 aromatic rings. The van der Waals surface area contributed by atoms with Gasteiger partial charge in [0.25, 0.3) is 0 Å². The zero-order chi connectivity index (χ0) is 18.6. The molecule has 2 aromatic carbocycles. The molecule has 0 aromatic heterocycles. The van der Waals surface area contributed by atoms with Crippen molar-refractivity contribution < 1.29 is 39.5 Å². The second-order valence-corrected chi connectivity index (χ2v) is 4.41. The van der Waals surface area contributed by atoms with Crippen LogP contribution in [-0.2, 0) is 18.5 Å². The van der Waals surface area contributed by atoms with Gasteiger partial charge >= 0.3 is 18.5 Å². The van der Waals surface area contributed by atoms with Crippen molar-refractivity contribution in [2.24, 2.45) is 0 Å². The van der Waals surface area contributed by atoms with Crippen LogP contribution in [0.3, 0.4) is 0 Å². The van der Waals surface area contributed by atoms with Crippen LogP contribution in [0, 0.1) is 0 Å². The zero-order valence-corrected chi connectivity index (χ0v) is 11.6. The van der Waals surface area contributed by atoms with Gasteiger partial charge in [0, 0.05) is 0 Å². The molecule has 0 spiro atoms. The lowest BCUT2D eigenvalue weighted by atomic mass is 10.0. The Balaban J connectivity index is 0.000000400. The minimum Gasteiger partial charge on any atom is -0.166 e. The highest BCUT2D eigenvalue weighted by Gasteiger charge is 2.44. The number of rotatable bonds is 0. The summed E-state index contributed by atoms with van der Waals surface area (Å²) in [6, 6.07) is 11.2. The Hall–Kier alpha value is -2.19. The Morgan fingerprint density at radius 2 is 0.833 bits per heavy atom. The van der Waals surface area contributed by atoms with Crippen LogP contribution in [-0.4, -0.2) is 0 Å². The molecule has 0 N–H and O–H groups in total. The molecule has 9 heteroatoms. The van der Waals surface area contributed by atoms with Gasteiger partial charge in [0.1, 0.15) is 0 Å². The number of alkyl halides is 9. The van der Waals surface area contributed by atoms with Gasteiger partial charge < -0.3 is 0 Å². The van der Waals surface area contributed by atoms with Crippen LogP contribution in [0.5, 0.6) is 0 Å². The average Bonchev–Trinajstić information content (AvgIpc) is 2.46. The Bertz CT molecular complexity index is 610. The van der Waals surface area contributed by atoms with Crippen molar-refractivity contribution in [3.63, 3.8) is 0 Å². The Morgan fingerprint density at radius 1 is 0.458 bits per heavy atom. The van der Waals surface area contributed by atoms with Gasteiger partial charge in [0.15, 0.2) is 0 Å². The van der Waals surface area contributed by atoms with Crippen LogP contribution in [0.15, 0.2) is 54.6 Å². The fourth-order valence-corrected chi connectivity index (χ4v) is 1.59. The molecule has 0 nitrogen and oxygen atoms in total. The first-order chi connectivity index (χ1) is 10.8. The molecule has 24 heavy (non-hydrogen) atoms. The number of benzene rings is 2. The molecule has 0 aliphatic carbocycles. The van der Waals surface area contributed by atoms with E-state index in [1.807, 2.05) is 36.4 Å². The van der Waals surface area contributed by atoms with Crippen molar-refractivity contribution in [3.05, 3.63) is 71.3 Å². The minimum absolute atomic E-state index is 0.0436. The number of hydrogen-bond donors (Lipinski definition) is 0. The van der Waals surface area contributed by atoms with Crippen molar-refractivity contribution in [1.29, 1.82) is 0 Å². The summed E-state index contributed by atoms with van der Waals surface area (Å²) in [6.45, 7) is 0. The highest BCUT2D eigenvalue weighted by atomic mass is 19.4. The van der Waals surface area contributed by atoms with Crippen molar-refractivity contribution in [3.8, 4) is 0 Å². The van der Waals surface area contributed by atoms with E-state index in [0.29, 0.717) is 0 Å². The monoisotopic (exact) mass is 360 g/mol. The van der Waals surface area contributed by atoms with Crippen LogP contribution in [0.1, 0.15) is 16.7 Å². The molecule has 0 saturated heterocycles. The maximum Gasteiger partial charge on any atom is 0.417 e. The van der Waals surface area contributed by atoms with Crippen LogP contribution in [0.2, 0.25) is 0 Å². The molecular formula is C15H9F9. The van der Waals surface area contributed by atoms with Crippen molar-refractivity contribution in [2.75, 3.05) is 0 Å². The average molecular weight is 360 g/mol. The third kappa shape index (κ3) is 5.78. The van der Waals surface area contributed by atoms with E-state index in [2.05, 4.69) is 0 Å². The maximum atomic E-state index is 12.3. The minimum atomic E-state index is -5.52. The quantitative estimate of drug-likeness (QED) is 0.475. The molecule has 0 aliphatic rings. The molecule has 0 amide bonds. The van der Waals surface area contributed by atoms with E-state index in [1.165, 1.54) is 0 Å². The molecule has 0 aliphatic heterocycles. The second-order valence-electron chi connectivity index (χ2n) is 4.41. The van der Waals surface area contributed by atoms with Gasteiger partial charge in [-0.3, -0.25) is 0 Å². The van der Waals surface area contributed by atoms with Gasteiger partial charge in [-0.15, -0.1) is 0 Å².